The van der Waals surface area contributed by atoms with Crippen LogP contribution < -0.4 is 10.6 Å². The third kappa shape index (κ3) is 6.70. The highest BCUT2D eigenvalue weighted by Crippen LogP contribution is 2.25. The molecule has 4 aromatic rings. The van der Waals surface area contributed by atoms with Crippen LogP contribution in [0.1, 0.15) is 18.1 Å². The molecule has 182 valence electrons. The molecule has 3 aromatic carbocycles. The number of rotatable bonds is 9. The van der Waals surface area contributed by atoms with Gasteiger partial charge in [0.05, 0.1) is 5.75 Å². The summed E-state index contributed by atoms with van der Waals surface area (Å²) in [6.45, 7) is 2.09. The predicted molar refractivity (Wildman–Crippen MR) is 146 cm³/mol. The fourth-order valence-electron chi connectivity index (χ4n) is 3.50. The zero-order valence-electron chi connectivity index (χ0n) is 20.1. The summed E-state index contributed by atoms with van der Waals surface area (Å²) in [5.41, 5.74) is 4.41. The van der Waals surface area contributed by atoms with Gasteiger partial charge < -0.3 is 15.2 Å². The molecule has 2 amide bonds. The Hall–Kier alpha value is -4.17. The highest BCUT2D eigenvalue weighted by molar-refractivity contribution is 7.99. The average Bonchev–Trinajstić information content (AvgIpc) is 3.27. The number of thioether (sulfide) groups is 1. The zero-order valence-corrected chi connectivity index (χ0v) is 21.0. The maximum atomic E-state index is 12.4. The molecule has 7 nitrogen and oxygen atoms in total. The fraction of sp³-hybridized carbons (Fsp3) is 0.143. The highest BCUT2D eigenvalue weighted by atomic mass is 32.2. The molecule has 0 aliphatic heterocycles. The van der Waals surface area contributed by atoms with Gasteiger partial charge in [0, 0.05) is 30.1 Å². The Bertz CT molecular complexity index is 1360. The Morgan fingerprint density at radius 1 is 0.917 bits per heavy atom. The summed E-state index contributed by atoms with van der Waals surface area (Å²) in [5, 5.41) is 15.0. The number of aromatic nitrogens is 3. The number of carbonyl (C=O) groups excluding carboxylic acids is 2. The molecule has 0 radical (unpaired) electrons. The fourth-order valence-corrected chi connectivity index (χ4v) is 4.21. The van der Waals surface area contributed by atoms with Gasteiger partial charge in [-0.15, -0.1) is 10.2 Å². The second-order valence-corrected chi connectivity index (χ2v) is 9.01. The quantitative estimate of drug-likeness (QED) is 0.238. The smallest absolute Gasteiger partial charge is 0.248 e. The van der Waals surface area contributed by atoms with Crippen LogP contribution in [0.25, 0.3) is 17.5 Å². The first-order chi connectivity index (χ1) is 17.5. The maximum absolute atomic E-state index is 12.4. The van der Waals surface area contributed by atoms with Crippen molar-refractivity contribution < 1.29 is 9.59 Å². The van der Waals surface area contributed by atoms with Crippen molar-refractivity contribution in [1.29, 1.82) is 0 Å². The SMILES string of the molecule is CCc1ccc(NC(=O)CSc2nnc(-c3cccc(NC(=O)/C=C/c4ccccc4)c3)n2C)cc1. The first kappa shape index (κ1) is 24.9. The lowest BCUT2D eigenvalue weighted by Crippen LogP contribution is -2.14. The van der Waals surface area contributed by atoms with Crippen LogP contribution >= 0.6 is 11.8 Å². The largest absolute Gasteiger partial charge is 0.325 e. The van der Waals surface area contributed by atoms with Gasteiger partial charge in [0.25, 0.3) is 0 Å². The number of benzene rings is 3. The lowest BCUT2D eigenvalue weighted by atomic mass is 10.1. The molecule has 0 aliphatic rings. The monoisotopic (exact) mass is 497 g/mol. The van der Waals surface area contributed by atoms with Crippen molar-refractivity contribution in [2.75, 3.05) is 16.4 Å². The van der Waals surface area contributed by atoms with Gasteiger partial charge in [-0.1, -0.05) is 73.3 Å². The molecule has 2 N–H and O–H groups in total. The van der Waals surface area contributed by atoms with Crippen LogP contribution in [0.2, 0.25) is 0 Å². The van der Waals surface area contributed by atoms with Crippen molar-refractivity contribution in [2.24, 2.45) is 7.05 Å². The van der Waals surface area contributed by atoms with E-state index in [4.69, 9.17) is 0 Å². The molecular weight excluding hydrogens is 470 g/mol. The highest BCUT2D eigenvalue weighted by Gasteiger charge is 2.14. The van der Waals surface area contributed by atoms with E-state index in [0.717, 1.165) is 23.2 Å². The summed E-state index contributed by atoms with van der Waals surface area (Å²) in [7, 11) is 1.85. The minimum absolute atomic E-state index is 0.109. The number of nitrogens with one attached hydrogen (secondary N) is 2. The summed E-state index contributed by atoms with van der Waals surface area (Å²) in [6, 6.07) is 24.9. The molecule has 4 rings (SSSR count). The van der Waals surface area contributed by atoms with Crippen LogP contribution in [0.3, 0.4) is 0 Å². The Labute approximate surface area is 214 Å². The van der Waals surface area contributed by atoms with Gasteiger partial charge >= 0.3 is 0 Å². The zero-order chi connectivity index (χ0) is 25.3. The van der Waals surface area contributed by atoms with E-state index >= 15 is 0 Å². The van der Waals surface area contributed by atoms with E-state index in [-0.39, 0.29) is 17.6 Å². The molecule has 0 spiro atoms. The van der Waals surface area contributed by atoms with Gasteiger partial charge in [-0.25, -0.2) is 0 Å². The molecule has 36 heavy (non-hydrogen) atoms. The molecule has 0 atom stereocenters. The van der Waals surface area contributed by atoms with Crippen molar-refractivity contribution in [3.63, 3.8) is 0 Å². The maximum Gasteiger partial charge on any atom is 0.248 e. The van der Waals surface area contributed by atoms with Crippen LogP contribution in [0, 0.1) is 0 Å². The number of anilines is 2. The van der Waals surface area contributed by atoms with Crippen LogP contribution in [-0.2, 0) is 23.1 Å². The van der Waals surface area contributed by atoms with Crippen LogP contribution in [0.4, 0.5) is 11.4 Å². The first-order valence-electron chi connectivity index (χ1n) is 11.6. The molecular formula is C28H27N5O2S. The molecule has 8 heteroatoms. The van der Waals surface area contributed by atoms with Gasteiger partial charge in [-0.3, -0.25) is 9.59 Å². The average molecular weight is 498 g/mol. The Morgan fingerprint density at radius 3 is 2.44 bits per heavy atom. The number of carbonyl (C=O) groups is 2. The second-order valence-electron chi connectivity index (χ2n) is 8.07. The summed E-state index contributed by atoms with van der Waals surface area (Å²) < 4.78 is 1.84. The van der Waals surface area contributed by atoms with Gasteiger partial charge in [0.15, 0.2) is 11.0 Å². The van der Waals surface area contributed by atoms with Crippen molar-refractivity contribution >= 4 is 41.0 Å². The van der Waals surface area contributed by atoms with Crippen molar-refractivity contribution in [3.05, 3.63) is 96.1 Å². The third-order valence-corrected chi connectivity index (χ3v) is 6.45. The number of aryl methyl sites for hydroxylation is 1. The molecule has 1 heterocycles. The number of nitrogens with zero attached hydrogens (tertiary/aromatic N) is 3. The molecule has 0 fully saturated rings. The van der Waals surface area contributed by atoms with Crippen molar-refractivity contribution in [2.45, 2.75) is 18.5 Å². The van der Waals surface area contributed by atoms with E-state index in [1.165, 1.54) is 23.4 Å². The van der Waals surface area contributed by atoms with E-state index in [1.807, 2.05) is 90.5 Å². The first-order valence-corrected chi connectivity index (χ1v) is 12.6. The number of amides is 2. The summed E-state index contributed by atoms with van der Waals surface area (Å²) >= 11 is 1.32. The van der Waals surface area contributed by atoms with Crippen molar-refractivity contribution in [1.82, 2.24) is 14.8 Å². The normalized spacial score (nSPS) is 10.9. The second kappa shape index (κ2) is 12.0. The van der Waals surface area contributed by atoms with Crippen LogP contribution in [0.5, 0.6) is 0 Å². The number of hydrogen-bond donors (Lipinski definition) is 2. The van der Waals surface area contributed by atoms with Gasteiger partial charge in [-0.05, 0) is 47.9 Å². The lowest BCUT2D eigenvalue weighted by Gasteiger charge is -2.07. The summed E-state index contributed by atoms with van der Waals surface area (Å²) in [6.07, 6.45) is 4.23. The Balaban J connectivity index is 1.36. The van der Waals surface area contributed by atoms with E-state index in [2.05, 4.69) is 27.8 Å². The van der Waals surface area contributed by atoms with Gasteiger partial charge in [0.1, 0.15) is 0 Å². The minimum atomic E-state index is -0.222. The van der Waals surface area contributed by atoms with E-state index in [1.54, 1.807) is 6.08 Å². The third-order valence-electron chi connectivity index (χ3n) is 5.43. The molecule has 0 bridgehead atoms. The Kier molecular flexibility index (Phi) is 8.31. The Morgan fingerprint density at radius 2 is 1.69 bits per heavy atom. The minimum Gasteiger partial charge on any atom is -0.325 e. The van der Waals surface area contributed by atoms with Crippen molar-refractivity contribution in [3.8, 4) is 11.4 Å². The molecule has 0 saturated heterocycles. The van der Waals surface area contributed by atoms with Gasteiger partial charge in [0.2, 0.25) is 11.8 Å². The summed E-state index contributed by atoms with van der Waals surface area (Å²) in [4.78, 5) is 24.7. The molecule has 0 aliphatic carbocycles. The van der Waals surface area contributed by atoms with Crippen LogP contribution in [-0.4, -0.2) is 32.3 Å². The van der Waals surface area contributed by atoms with E-state index < -0.39 is 0 Å². The lowest BCUT2D eigenvalue weighted by molar-refractivity contribution is -0.114. The van der Waals surface area contributed by atoms with Gasteiger partial charge in [-0.2, -0.15) is 0 Å². The summed E-state index contributed by atoms with van der Waals surface area (Å²) in [5.74, 6) is 0.525. The molecule has 1 aromatic heterocycles. The van der Waals surface area contributed by atoms with E-state index in [9.17, 15) is 9.59 Å². The molecule has 0 unspecified atom stereocenters. The topological polar surface area (TPSA) is 88.9 Å². The standard InChI is InChI=1S/C28H27N5O2S/c1-3-20-12-15-23(16-13-20)29-26(35)19-36-28-32-31-27(33(28)2)22-10-7-11-24(18-22)30-25(34)17-14-21-8-5-4-6-9-21/h4-18H,3,19H2,1-2H3,(H,29,35)(H,30,34)/b17-14+. The number of hydrogen-bond acceptors (Lipinski definition) is 5. The predicted octanol–water partition coefficient (Wildman–Crippen LogP) is 5.43. The molecule has 0 saturated carbocycles. The van der Waals surface area contributed by atoms with Crippen LogP contribution in [0.15, 0.2) is 90.1 Å². The van der Waals surface area contributed by atoms with E-state index in [0.29, 0.717) is 16.7 Å².